The summed E-state index contributed by atoms with van der Waals surface area (Å²) in [5.41, 5.74) is 0.865. The van der Waals surface area contributed by atoms with Crippen LogP contribution in [0.15, 0.2) is 24.3 Å². The summed E-state index contributed by atoms with van der Waals surface area (Å²) in [6.45, 7) is 0. The molecule has 7 heteroatoms. The van der Waals surface area contributed by atoms with Crippen molar-refractivity contribution in [3.8, 4) is 11.8 Å². The zero-order valence-electron chi connectivity index (χ0n) is 10.8. The van der Waals surface area contributed by atoms with Gasteiger partial charge in [-0.05, 0) is 23.7 Å². The molecule has 0 bridgehead atoms. The number of anilines is 2. The van der Waals surface area contributed by atoms with E-state index in [-0.39, 0.29) is 11.3 Å². The van der Waals surface area contributed by atoms with Gasteiger partial charge in [0, 0.05) is 18.8 Å². The van der Waals surface area contributed by atoms with E-state index in [2.05, 4.69) is 15.0 Å². The van der Waals surface area contributed by atoms with E-state index < -0.39 is 0 Å². The molecular formula is C12H13ClN4O2. The molecule has 0 amide bonds. The highest BCUT2D eigenvalue weighted by atomic mass is 35.5. The normalized spacial score (nSPS) is 10.1. The predicted molar refractivity (Wildman–Crippen MR) is 72.4 cm³/mol. The predicted octanol–water partition coefficient (Wildman–Crippen LogP) is 2.31. The van der Waals surface area contributed by atoms with E-state index in [1.165, 1.54) is 7.11 Å². The number of methoxy groups -OCH3 is 2. The number of rotatable bonds is 4. The van der Waals surface area contributed by atoms with E-state index in [0.29, 0.717) is 5.95 Å². The van der Waals surface area contributed by atoms with Gasteiger partial charge in [-0.15, -0.1) is 0 Å². The van der Waals surface area contributed by atoms with E-state index in [0.717, 1.165) is 11.4 Å². The smallest absolute Gasteiger partial charge is 0.322 e. The second-order valence-electron chi connectivity index (χ2n) is 3.65. The summed E-state index contributed by atoms with van der Waals surface area (Å²) in [4.78, 5) is 13.8. The van der Waals surface area contributed by atoms with Crippen molar-refractivity contribution in [3.63, 3.8) is 0 Å². The van der Waals surface area contributed by atoms with E-state index in [1.54, 1.807) is 12.0 Å². The van der Waals surface area contributed by atoms with Gasteiger partial charge in [0.05, 0.1) is 14.2 Å². The van der Waals surface area contributed by atoms with Gasteiger partial charge in [0.2, 0.25) is 11.2 Å². The lowest BCUT2D eigenvalue weighted by molar-refractivity contribution is 0.378. The average Bonchev–Trinajstić information content (AvgIpc) is 2.45. The molecule has 1 heterocycles. The molecule has 0 radical (unpaired) electrons. The standard InChI is InChI=1S/C12H13ClN4O2/c1-17(8-5-4-6-9(7-8)18-2)11-14-10(13)15-12(16-11)19-3/h4-7H,1-3H3. The fraction of sp³-hybridized carbons (Fsp3) is 0.250. The minimum atomic E-state index is 0.0802. The summed E-state index contributed by atoms with van der Waals surface area (Å²) in [5, 5.41) is 0.0802. The maximum Gasteiger partial charge on any atom is 0.322 e. The van der Waals surface area contributed by atoms with Crippen LogP contribution in [0.25, 0.3) is 0 Å². The van der Waals surface area contributed by atoms with Crippen molar-refractivity contribution in [1.82, 2.24) is 15.0 Å². The Balaban J connectivity index is 2.37. The highest BCUT2D eigenvalue weighted by Gasteiger charge is 2.11. The molecule has 0 N–H and O–H groups in total. The van der Waals surface area contributed by atoms with Gasteiger partial charge >= 0.3 is 6.01 Å². The first-order valence-corrected chi connectivity index (χ1v) is 5.85. The van der Waals surface area contributed by atoms with Crippen LogP contribution in [-0.2, 0) is 0 Å². The van der Waals surface area contributed by atoms with Gasteiger partial charge in [0.15, 0.2) is 0 Å². The number of aromatic nitrogens is 3. The molecule has 19 heavy (non-hydrogen) atoms. The average molecular weight is 281 g/mol. The van der Waals surface area contributed by atoms with E-state index in [4.69, 9.17) is 21.1 Å². The molecule has 0 atom stereocenters. The number of hydrogen-bond donors (Lipinski definition) is 0. The van der Waals surface area contributed by atoms with Crippen LogP contribution >= 0.6 is 11.6 Å². The highest BCUT2D eigenvalue weighted by molar-refractivity contribution is 6.28. The minimum Gasteiger partial charge on any atom is -0.497 e. The lowest BCUT2D eigenvalue weighted by atomic mass is 10.3. The maximum atomic E-state index is 5.83. The molecule has 0 aliphatic carbocycles. The van der Waals surface area contributed by atoms with Crippen molar-refractivity contribution >= 4 is 23.2 Å². The van der Waals surface area contributed by atoms with Crippen molar-refractivity contribution in [2.75, 3.05) is 26.2 Å². The van der Waals surface area contributed by atoms with Crippen molar-refractivity contribution in [1.29, 1.82) is 0 Å². The summed E-state index contributed by atoms with van der Waals surface area (Å²) in [6, 6.07) is 7.68. The Labute approximate surface area is 116 Å². The summed E-state index contributed by atoms with van der Waals surface area (Å²) in [7, 11) is 4.91. The molecule has 0 aliphatic heterocycles. The minimum absolute atomic E-state index is 0.0802. The summed E-state index contributed by atoms with van der Waals surface area (Å²) in [5.74, 6) is 1.14. The van der Waals surface area contributed by atoms with Gasteiger partial charge in [-0.3, -0.25) is 0 Å². The fourth-order valence-corrected chi connectivity index (χ4v) is 1.65. The van der Waals surface area contributed by atoms with Crippen LogP contribution in [-0.4, -0.2) is 36.2 Å². The second kappa shape index (κ2) is 5.71. The van der Waals surface area contributed by atoms with Crippen LogP contribution in [0.5, 0.6) is 11.8 Å². The van der Waals surface area contributed by atoms with Crippen molar-refractivity contribution in [2.24, 2.45) is 0 Å². The van der Waals surface area contributed by atoms with Crippen LogP contribution in [0.4, 0.5) is 11.6 Å². The number of hydrogen-bond acceptors (Lipinski definition) is 6. The molecule has 6 nitrogen and oxygen atoms in total. The third-order valence-electron chi connectivity index (χ3n) is 2.50. The Hall–Kier alpha value is -2.08. The Morgan fingerprint density at radius 1 is 1.11 bits per heavy atom. The Morgan fingerprint density at radius 2 is 1.89 bits per heavy atom. The lowest BCUT2D eigenvalue weighted by Gasteiger charge is -2.17. The largest absolute Gasteiger partial charge is 0.497 e. The van der Waals surface area contributed by atoms with E-state index >= 15 is 0 Å². The van der Waals surface area contributed by atoms with Gasteiger partial charge in [0.1, 0.15) is 5.75 Å². The number of benzene rings is 1. The van der Waals surface area contributed by atoms with Gasteiger partial charge < -0.3 is 14.4 Å². The van der Waals surface area contributed by atoms with Crippen molar-refractivity contribution in [2.45, 2.75) is 0 Å². The van der Waals surface area contributed by atoms with Crippen LogP contribution in [0.3, 0.4) is 0 Å². The first-order chi connectivity index (χ1) is 9.13. The maximum absolute atomic E-state index is 5.83. The van der Waals surface area contributed by atoms with Gasteiger partial charge in [-0.1, -0.05) is 6.07 Å². The van der Waals surface area contributed by atoms with Gasteiger partial charge in [0.25, 0.3) is 0 Å². The van der Waals surface area contributed by atoms with Gasteiger partial charge in [-0.2, -0.15) is 15.0 Å². The lowest BCUT2D eigenvalue weighted by Crippen LogP contribution is -2.14. The third kappa shape index (κ3) is 3.03. The quantitative estimate of drug-likeness (QED) is 0.856. The summed E-state index contributed by atoms with van der Waals surface area (Å²) < 4.78 is 10.1. The number of nitrogens with zero attached hydrogens (tertiary/aromatic N) is 4. The molecule has 0 aliphatic rings. The monoisotopic (exact) mass is 280 g/mol. The molecule has 2 aromatic rings. The topological polar surface area (TPSA) is 60.4 Å². The molecule has 1 aromatic heterocycles. The Kier molecular flexibility index (Phi) is 4.01. The summed E-state index contributed by atoms with van der Waals surface area (Å²) >= 11 is 5.83. The van der Waals surface area contributed by atoms with Crippen LogP contribution < -0.4 is 14.4 Å². The molecular weight excluding hydrogens is 268 g/mol. The van der Waals surface area contributed by atoms with Gasteiger partial charge in [-0.25, -0.2) is 0 Å². The molecule has 1 aromatic carbocycles. The zero-order valence-corrected chi connectivity index (χ0v) is 11.5. The second-order valence-corrected chi connectivity index (χ2v) is 3.99. The first kappa shape index (κ1) is 13.4. The fourth-order valence-electron chi connectivity index (χ4n) is 1.50. The summed E-state index contributed by atoms with van der Waals surface area (Å²) in [6.07, 6.45) is 0. The zero-order chi connectivity index (χ0) is 13.8. The SMILES string of the molecule is COc1cccc(N(C)c2nc(Cl)nc(OC)n2)c1. The van der Waals surface area contributed by atoms with Crippen molar-refractivity contribution in [3.05, 3.63) is 29.5 Å². The van der Waals surface area contributed by atoms with E-state index in [1.807, 2.05) is 31.3 Å². The molecule has 2 rings (SSSR count). The Morgan fingerprint density at radius 3 is 2.58 bits per heavy atom. The number of halogens is 1. The molecule has 100 valence electrons. The molecule has 0 saturated carbocycles. The third-order valence-corrected chi connectivity index (χ3v) is 2.67. The highest BCUT2D eigenvalue weighted by Crippen LogP contribution is 2.25. The molecule has 0 saturated heterocycles. The van der Waals surface area contributed by atoms with Crippen LogP contribution in [0.2, 0.25) is 5.28 Å². The van der Waals surface area contributed by atoms with Crippen LogP contribution in [0.1, 0.15) is 0 Å². The Bertz CT molecular complexity index is 579. The van der Waals surface area contributed by atoms with E-state index in [9.17, 15) is 0 Å². The molecule has 0 fully saturated rings. The molecule has 0 unspecified atom stereocenters. The number of ether oxygens (including phenoxy) is 2. The van der Waals surface area contributed by atoms with Crippen molar-refractivity contribution < 1.29 is 9.47 Å². The van der Waals surface area contributed by atoms with Crippen LogP contribution in [0, 0.1) is 0 Å². The molecule has 0 spiro atoms. The first-order valence-electron chi connectivity index (χ1n) is 5.47.